The quantitative estimate of drug-likeness (QED) is 0.818. The van der Waals surface area contributed by atoms with Gasteiger partial charge in [0, 0.05) is 6.54 Å². The fraction of sp³-hybridized carbons (Fsp3) is 0.533. The second kappa shape index (κ2) is 3.95. The molecule has 94 valence electrons. The van der Waals surface area contributed by atoms with Crippen molar-refractivity contribution in [1.29, 1.82) is 0 Å². The van der Waals surface area contributed by atoms with Crippen LogP contribution in [0.25, 0.3) is 11.0 Å². The van der Waals surface area contributed by atoms with Gasteiger partial charge in [-0.2, -0.15) is 0 Å². The third-order valence-corrected chi connectivity index (χ3v) is 4.85. The highest BCUT2D eigenvalue weighted by Crippen LogP contribution is 2.50. The predicted molar refractivity (Wildman–Crippen MR) is 76.1 cm³/mol. The molecule has 2 saturated carbocycles. The van der Waals surface area contributed by atoms with Gasteiger partial charge in [0.1, 0.15) is 0 Å². The molecule has 3 heteroatoms. The minimum Gasteiger partial charge on any atom is -0.331 e. The van der Waals surface area contributed by atoms with Crippen molar-refractivity contribution in [3.63, 3.8) is 0 Å². The number of H-pyrrole nitrogens is 1. The summed E-state index contributed by atoms with van der Waals surface area (Å²) in [5.41, 5.74) is 2.45. The van der Waals surface area contributed by atoms with Crippen molar-refractivity contribution in [2.24, 2.45) is 17.8 Å². The van der Waals surface area contributed by atoms with Crippen molar-refractivity contribution in [3.05, 3.63) is 29.0 Å². The van der Waals surface area contributed by atoms with Gasteiger partial charge in [-0.15, -0.1) is 0 Å². The lowest BCUT2D eigenvalue weighted by atomic mass is 9.98. The molecular weight excluding hydrogens is 240 g/mol. The maximum atomic E-state index is 5.49. The topological polar surface area (TPSA) is 20.7 Å². The van der Waals surface area contributed by atoms with E-state index >= 15 is 0 Å². The number of fused-ring (bicyclic) bond motifs is 1. The Kier molecular flexibility index (Phi) is 2.37. The lowest BCUT2D eigenvalue weighted by molar-refractivity contribution is 0.351. The fourth-order valence-electron chi connectivity index (χ4n) is 3.23. The van der Waals surface area contributed by atoms with Crippen molar-refractivity contribution < 1.29 is 0 Å². The number of benzene rings is 1. The minimum absolute atomic E-state index is 0.871. The molecule has 0 spiro atoms. The maximum Gasteiger partial charge on any atom is 0.178 e. The molecule has 0 atom stereocenters. The summed E-state index contributed by atoms with van der Waals surface area (Å²) >= 11 is 5.49. The molecule has 2 fully saturated rings. The first-order valence-corrected chi connectivity index (χ1v) is 7.41. The van der Waals surface area contributed by atoms with Gasteiger partial charge < -0.3 is 9.55 Å². The Labute approximate surface area is 112 Å². The standard InChI is InChI=1S/C15H18N2S/c18-15-16-13-3-1-2-4-14(13)17(15)9-12(10-5-6-10)11-7-8-11/h1-4,10-12H,5-9H2,(H,16,18). The smallest absolute Gasteiger partial charge is 0.178 e. The van der Waals surface area contributed by atoms with Gasteiger partial charge in [0.2, 0.25) is 0 Å². The van der Waals surface area contributed by atoms with Gasteiger partial charge >= 0.3 is 0 Å². The molecule has 0 unspecified atom stereocenters. The second-order valence-corrected chi connectivity index (χ2v) is 6.28. The average molecular weight is 258 g/mol. The number of hydrogen-bond donors (Lipinski definition) is 1. The van der Waals surface area contributed by atoms with Gasteiger partial charge in [-0.05, 0) is 67.8 Å². The van der Waals surface area contributed by atoms with Crippen molar-refractivity contribution in [1.82, 2.24) is 9.55 Å². The summed E-state index contributed by atoms with van der Waals surface area (Å²) < 4.78 is 3.22. The average Bonchev–Trinajstić information content (AvgIpc) is 3.25. The molecule has 2 nitrogen and oxygen atoms in total. The van der Waals surface area contributed by atoms with E-state index < -0.39 is 0 Å². The molecule has 1 heterocycles. The van der Waals surface area contributed by atoms with Crippen LogP contribution in [-0.2, 0) is 6.54 Å². The summed E-state index contributed by atoms with van der Waals surface area (Å²) in [5.74, 6) is 2.83. The number of nitrogens with one attached hydrogen (secondary N) is 1. The van der Waals surface area contributed by atoms with Crippen LogP contribution in [0.1, 0.15) is 25.7 Å². The van der Waals surface area contributed by atoms with E-state index in [-0.39, 0.29) is 0 Å². The fourth-order valence-corrected chi connectivity index (χ4v) is 3.51. The number of hydrogen-bond acceptors (Lipinski definition) is 1. The molecule has 1 aromatic heterocycles. The number of rotatable bonds is 4. The molecule has 2 aliphatic carbocycles. The van der Waals surface area contributed by atoms with E-state index in [0.717, 1.165) is 29.1 Å². The zero-order valence-electron chi connectivity index (χ0n) is 10.4. The summed E-state index contributed by atoms with van der Waals surface area (Å²) in [6.07, 6.45) is 5.77. The third-order valence-electron chi connectivity index (χ3n) is 4.53. The van der Waals surface area contributed by atoms with Gasteiger partial charge in [-0.1, -0.05) is 12.1 Å². The molecule has 0 bridgehead atoms. The number of imidazole rings is 1. The Morgan fingerprint density at radius 3 is 2.50 bits per heavy atom. The first-order chi connectivity index (χ1) is 8.83. The van der Waals surface area contributed by atoms with E-state index in [9.17, 15) is 0 Å². The number of nitrogens with zero attached hydrogens (tertiary/aromatic N) is 1. The van der Waals surface area contributed by atoms with E-state index in [1.54, 1.807) is 0 Å². The van der Waals surface area contributed by atoms with Gasteiger partial charge in [0.25, 0.3) is 0 Å². The largest absolute Gasteiger partial charge is 0.331 e. The van der Waals surface area contributed by atoms with Crippen LogP contribution in [-0.4, -0.2) is 9.55 Å². The molecule has 0 amide bonds. The summed E-state index contributed by atoms with van der Waals surface area (Å²) in [5, 5.41) is 0. The van der Waals surface area contributed by atoms with Crippen molar-refractivity contribution >= 4 is 23.3 Å². The maximum absolute atomic E-state index is 5.49. The van der Waals surface area contributed by atoms with E-state index in [1.165, 1.54) is 36.7 Å². The predicted octanol–water partition coefficient (Wildman–Crippen LogP) is 4.14. The van der Waals surface area contributed by atoms with Gasteiger partial charge in [-0.3, -0.25) is 0 Å². The minimum atomic E-state index is 0.871. The van der Waals surface area contributed by atoms with Crippen LogP contribution in [0.3, 0.4) is 0 Å². The van der Waals surface area contributed by atoms with Gasteiger partial charge in [-0.25, -0.2) is 0 Å². The van der Waals surface area contributed by atoms with Crippen molar-refractivity contribution in [2.75, 3.05) is 0 Å². The van der Waals surface area contributed by atoms with Crippen LogP contribution in [0.15, 0.2) is 24.3 Å². The number of aromatic nitrogens is 2. The number of para-hydroxylation sites is 2. The normalized spacial score (nSPS) is 19.8. The first-order valence-electron chi connectivity index (χ1n) is 7.00. The molecule has 0 radical (unpaired) electrons. The van der Waals surface area contributed by atoms with Crippen LogP contribution in [0, 0.1) is 22.5 Å². The van der Waals surface area contributed by atoms with Crippen LogP contribution in [0.2, 0.25) is 0 Å². The molecule has 2 aromatic rings. The molecule has 4 rings (SSSR count). The zero-order chi connectivity index (χ0) is 12.1. The van der Waals surface area contributed by atoms with E-state index in [0.29, 0.717) is 0 Å². The summed E-state index contributed by atoms with van der Waals surface area (Å²) in [6.45, 7) is 1.12. The van der Waals surface area contributed by atoms with Crippen LogP contribution in [0.5, 0.6) is 0 Å². The highest BCUT2D eigenvalue weighted by Gasteiger charge is 2.41. The Balaban J connectivity index is 1.72. The molecule has 0 saturated heterocycles. The van der Waals surface area contributed by atoms with E-state index in [2.05, 4.69) is 33.8 Å². The lowest BCUT2D eigenvalue weighted by Crippen LogP contribution is -2.15. The summed E-state index contributed by atoms with van der Waals surface area (Å²) in [6, 6.07) is 8.46. The molecule has 18 heavy (non-hydrogen) atoms. The highest BCUT2D eigenvalue weighted by molar-refractivity contribution is 7.71. The van der Waals surface area contributed by atoms with Crippen LogP contribution >= 0.6 is 12.2 Å². The monoisotopic (exact) mass is 258 g/mol. The summed E-state index contributed by atoms with van der Waals surface area (Å²) in [4.78, 5) is 3.33. The SMILES string of the molecule is S=c1[nH]c2ccccc2n1CC(C1CC1)C1CC1. The van der Waals surface area contributed by atoms with E-state index in [1.807, 2.05) is 0 Å². The van der Waals surface area contributed by atoms with E-state index in [4.69, 9.17) is 12.2 Å². The lowest BCUT2D eigenvalue weighted by Gasteiger charge is -2.16. The third kappa shape index (κ3) is 1.81. The summed E-state index contributed by atoms with van der Waals surface area (Å²) in [7, 11) is 0. The molecule has 1 N–H and O–H groups in total. The van der Waals surface area contributed by atoms with Crippen LogP contribution in [0.4, 0.5) is 0 Å². The van der Waals surface area contributed by atoms with Gasteiger partial charge in [0.05, 0.1) is 11.0 Å². The second-order valence-electron chi connectivity index (χ2n) is 5.90. The Morgan fingerprint density at radius 1 is 1.17 bits per heavy atom. The Bertz CT molecular complexity index is 619. The molecule has 2 aliphatic rings. The van der Waals surface area contributed by atoms with Crippen LogP contribution < -0.4 is 0 Å². The van der Waals surface area contributed by atoms with Crippen molar-refractivity contribution in [2.45, 2.75) is 32.2 Å². The molecular formula is C15H18N2S. The first kappa shape index (κ1) is 10.8. The highest BCUT2D eigenvalue weighted by atomic mass is 32.1. The molecule has 0 aliphatic heterocycles. The number of aromatic amines is 1. The Morgan fingerprint density at radius 2 is 1.83 bits per heavy atom. The van der Waals surface area contributed by atoms with Crippen molar-refractivity contribution in [3.8, 4) is 0 Å². The zero-order valence-corrected chi connectivity index (χ0v) is 11.2. The van der Waals surface area contributed by atoms with Gasteiger partial charge in [0.15, 0.2) is 4.77 Å². The Hall–Kier alpha value is -1.09. The molecule has 1 aromatic carbocycles.